The molecule has 0 aliphatic carbocycles. The summed E-state index contributed by atoms with van der Waals surface area (Å²) in [6, 6.07) is 3.49. The van der Waals surface area contributed by atoms with Crippen LogP contribution >= 0.6 is 11.6 Å². The van der Waals surface area contributed by atoms with Crippen LogP contribution in [0.1, 0.15) is 18.7 Å². The smallest absolute Gasteiger partial charge is 0.275 e. The number of carbonyl (C=O) groups excluding carboxylic acids is 1. The number of pyridine rings is 1. The number of amides is 1. The number of nitrogens with zero attached hydrogens (tertiary/aromatic N) is 1. The molecule has 2 rings (SSSR count). The van der Waals surface area contributed by atoms with Crippen molar-refractivity contribution in [2.45, 2.75) is 13.0 Å². The lowest BCUT2D eigenvalue weighted by molar-refractivity contribution is -0.110. The Labute approximate surface area is 133 Å². The second-order valence-corrected chi connectivity index (χ2v) is 5.24. The van der Waals surface area contributed by atoms with E-state index < -0.39 is 5.91 Å². The van der Waals surface area contributed by atoms with Crippen LogP contribution in [0.25, 0.3) is 0 Å². The molecule has 118 valence electrons. The van der Waals surface area contributed by atoms with Crippen molar-refractivity contribution in [3.05, 3.63) is 34.8 Å². The van der Waals surface area contributed by atoms with Gasteiger partial charge in [-0.1, -0.05) is 11.6 Å². The number of allylic oxidation sites excluding steroid dienone is 1. The molecule has 0 spiro atoms. The Bertz CT molecular complexity index is 590. The van der Waals surface area contributed by atoms with Crippen molar-refractivity contribution in [1.29, 1.82) is 5.41 Å². The molecule has 1 aliphatic heterocycles. The van der Waals surface area contributed by atoms with Crippen LogP contribution in [-0.2, 0) is 9.53 Å². The van der Waals surface area contributed by atoms with E-state index in [1.807, 2.05) is 0 Å². The van der Waals surface area contributed by atoms with Gasteiger partial charge in [-0.2, -0.15) is 0 Å². The van der Waals surface area contributed by atoms with Gasteiger partial charge in [-0.3, -0.25) is 15.2 Å². The second-order valence-electron chi connectivity index (χ2n) is 4.86. The molecule has 0 radical (unpaired) electrons. The number of carbonyl (C=O) groups is 1. The van der Waals surface area contributed by atoms with E-state index in [1.54, 1.807) is 12.1 Å². The first kappa shape index (κ1) is 16.4. The highest BCUT2D eigenvalue weighted by molar-refractivity contribution is 6.60. The first-order valence-corrected chi connectivity index (χ1v) is 7.17. The maximum atomic E-state index is 11.9. The number of ether oxygens (including phenoxy) is 1. The quantitative estimate of drug-likeness (QED) is 0.620. The van der Waals surface area contributed by atoms with Crippen molar-refractivity contribution < 1.29 is 9.53 Å². The number of nitrogens with two attached hydrogens (primary N) is 1. The lowest BCUT2D eigenvalue weighted by atomic mass is 10.2. The number of halogens is 1. The van der Waals surface area contributed by atoms with Crippen LogP contribution in [0.3, 0.4) is 0 Å². The SMILES string of the molecule is C/C(N)=C(\Cl)C(=N)C(=O)Nc1ccc([C@H]2CNCCO2)nc1. The van der Waals surface area contributed by atoms with E-state index in [-0.39, 0.29) is 22.5 Å². The molecule has 0 aromatic carbocycles. The van der Waals surface area contributed by atoms with Crippen molar-refractivity contribution in [3.8, 4) is 0 Å². The largest absolute Gasteiger partial charge is 0.401 e. The molecule has 8 heteroatoms. The number of anilines is 1. The summed E-state index contributed by atoms with van der Waals surface area (Å²) in [5.41, 5.74) is 6.56. The van der Waals surface area contributed by atoms with Crippen LogP contribution < -0.4 is 16.4 Å². The van der Waals surface area contributed by atoms with Crippen LogP contribution in [0.5, 0.6) is 0 Å². The Balaban J connectivity index is 2.00. The zero-order chi connectivity index (χ0) is 16.1. The average Bonchev–Trinajstić information content (AvgIpc) is 2.54. The first-order chi connectivity index (χ1) is 10.5. The highest BCUT2D eigenvalue weighted by atomic mass is 35.5. The molecule has 0 bridgehead atoms. The molecule has 1 aliphatic rings. The van der Waals surface area contributed by atoms with Crippen molar-refractivity contribution in [2.75, 3.05) is 25.0 Å². The minimum absolute atomic E-state index is 0.0660. The summed E-state index contributed by atoms with van der Waals surface area (Å²) in [7, 11) is 0. The predicted octanol–water partition coefficient (Wildman–Crippen LogP) is 1.13. The third-order valence-corrected chi connectivity index (χ3v) is 3.58. The normalized spacial score (nSPS) is 19.3. The molecular weight excluding hydrogens is 306 g/mol. The number of rotatable bonds is 4. The lowest BCUT2D eigenvalue weighted by Crippen LogP contribution is -2.33. The fraction of sp³-hybridized carbons (Fsp3) is 0.357. The maximum Gasteiger partial charge on any atom is 0.275 e. The molecule has 1 fully saturated rings. The molecule has 22 heavy (non-hydrogen) atoms. The molecule has 1 atom stereocenters. The molecule has 2 heterocycles. The van der Waals surface area contributed by atoms with Gasteiger partial charge in [-0.25, -0.2) is 0 Å². The summed E-state index contributed by atoms with van der Waals surface area (Å²) >= 11 is 5.78. The standard InChI is InChI=1S/C14H18ClN5O2/c1-8(16)12(15)13(17)14(21)20-9-2-3-10(19-6-9)11-7-18-4-5-22-11/h2-3,6,11,17-18H,4-5,7,16H2,1H3,(H,20,21)/b12-8+,17-13?/t11-/m1/s1. The average molecular weight is 324 g/mol. The first-order valence-electron chi connectivity index (χ1n) is 6.79. The summed E-state index contributed by atoms with van der Waals surface area (Å²) in [6.45, 7) is 3.71. The number of nitrogens with one attached hydrogen (secondary N) is 3. The second kappa shape index (κ2) is 7.35. The van der Waals surface area contributed by atoms with Gasteiger partial charge < -0.3 is 21.1 Å². The molecule has 1 aromatic rings. The van der Waals surface area contributed by atoms with Gasteiger partial charge in [0.15, 0.2) is 0 Å². The molecule has 0 saturated carbocycles. The fourth-order valence-electron chi connectivity index (χ4n) is 1.92. The van der Waals surface area contributed by atoms with E-state index in [2.05, 4.69) is 15.6 Å². The minimum atomic E-state index is -0.639. The maximum absolute atomic E-state index is 11.9. The molecule has 1 aromatic heterocycles. The minimum Gasteiger partial charge on any atom is -0.401 e. The Morgan fingerprint density at radius 1 is 1.59 bits per heavy atom. The van der Waals surface area contributed by atoms with Gasteiger partial charge in [0.2, 0.25) is 0 Å². The summed E-state index contributed by atoms with van der Waals surface area (Å²) < 4.78 is 5.60. The molecule has 1 amide bonds. The van der Waals surface area contributed by atoms with Gasteiger partial charge in [0, 0.05) is 18.8 Å². The summed E-state index contributed by atoms with van der Waals surface area (Å²) in [5, 5.41) is 13.4. The molecule has 1 saturated heterocycles. The molecule has 5 N–H and O–H groups in total. The third-order valence-electron chi connectivity index (χ3n) is 3.09. The number of hydrogen-bond acceptors (Lipinski definition) is 6. The van der Waals surface area contributed by atoms with Gasteiger partial charge in [0.25, 0.3) is 5.91 Å². The van der Waals surface area contributed by atoms with Gasteiger partial charge in [0.05, 0.1) is 29.2 Å². The summed E-state index contributed by atoms with van der Waals surface area (Å²) in [5.74, 6) is -0.639. The lowest BCUT2D eigenvalue weighted by Gasteiger charge is -2.23. The van der Waals surface area contributed by atoms with Gasteiger partial charge in [-0.05, 0) is 19.1 Å². The van der Waals surface area contributed by atoms with Crippen molar-refractivity contribution in [3.63, 3.8) is 0 Å². The number of hydrogen-bond donors (Lipinski definition) is 4. The monoisotopic (exact) mass is 323 g/mol. The molecular formula is C14H18ClN5O2. The van der Waals surface area contributed by atoms with E-state index in [9.17, 15) is 4.79 Å². The fourth-order valence-corrected chi connectivity index (χ4v) is 2.00. The zero-order valence-electron chi connectivity index (χ0n) is 12.1. The van der Waals surface area contributed by atoms with E-state index in [1.165, 1.54) is 13.1 Å². The van der Waals surface area contributed by atoms with Crippen LogP contribution in [-0.4, -0.2) is 36.3 Å². The Kier molecular flexibility index (Phi) is 5.48. The number of aromatic nitrogens is 1. The highest BCUT2D eigenvalue weighted by Crippen LogP contribution is 2.18. The Morgan fingerprint density at radius 3 is 2.91 bits per heavy atom. The Hall–Kier alpha value is -1.96. The van der Waals surface area contributed by atoms with Crippen molar-refractivity contribution >= 4 is 28.9 Å². The van der Waals surface area contributed by atoms with Crippen molar-refractivity contribution in [2.24, 2.45) is 5.73 Å². The highest BCUT2D eigenvalue weighted by Gasteiger charge is 2.18. The summed E-state index contributed by atoms with van der Waals surface area (Å²) in [6.07, 6.45) is 1.43. The molecule has 0 unspecified atom stereocenters. The third kappa shape index (κ3) is 4.03. The Morgan fingerprint density at radius 2 is 2.36 bits per heavy atom. The van der Waals surface area contributed by atoms with E-state index in [4.69, 9.17) is 27.5 Å². The van der Waals surface area contributed by atoms with Crippen LogP contribution in [0.2, 0.25) is 0 Å². The van der Waals surface area contributed by atoms with Crippen LogP contribution in [0.15, 0.2) is 29.1 Å². The van der Waals surface area contributed by atoms with E-state index in [0.717, 1.165) is 12.2 Å². The van der Waals surface area contributed by atoms with Gasteiger partial charge >= 0.3 is 0 Å². The predicted molar refractivity (Wildman–Crippen MR) is 84.9 cm³/mol. The molecule has 7 nitrogen and oxygen atoms in total. The van der Waals surface area contributed by atoms with Crippen molar-refractivity contribution in [1.82, 2.24) is 10.3 Å². The van der Waals surface area contributed by atoms with E-state index >= 15 is 0 Å². The van der Waals surface area contributed by atoms with Gasteiger partial charge in [-0.15, -0.1) is 0 Å². The summed E-state index contributed by atoms with van der Waals surface area (Å²) in [4.78, 5) is 16.1. The van der Waals surface area contributed by atoms with Crippen LogP contribution in [0, 0.1) is 5.41 Å². The topological polar surface area (TPSA) is 113 Å². The van der Waals surface area contributed by atoms with Gasteiger partial charge in [0.1, 0.15) is 11.8 Å². The number of morpholine rings is 1. The zero-order valence-corrected chi connectivity index (χ0v) is 12.9. The van der Waals surface area contributed by atoms with Crippen LogP contribution in [0.4, 0.5) is 5.69 Å². The van der Waals surface area contributed by atoms with E-state index in [0.29, 0.717) is 18.8 Å².